The van der Waals surface area contributed by atoms with E-state index in [9.17, 15) is 9.18 Å². The standard InChI is InChI=1S/C21H22FN3O2S/c1-14(8-9-16-6-4-3-5-7-16)23-19(26)15(2)28-21-25-24-20(27-21)17-10-12-18(22)13-11-17/h3-7,10-15H,8-9H2,1-2H3,(H,23,26)/t14-,15+/m1/s1. The monoisotopic (exact) mass is 399 g/mol. The Bertz CT molecular complexity index is 900. The minimum atomic E-state index is -0.374. The van der Waals surface area contributed by atoms with Crippen molar-refractivity contribution in [2.45, 2.75) is 43.2 Å². The molecule has 0 radical (unpaired) electrons. The van der Waals surface area contributed by atoms with Crippen molar-refractivity contribution < 1.29 is 13.6 Å². The van der Waals surface area contributed by atoms with Gasteiger partial charge in [-0.05, 0) is 56.5 Å². The molecule has 3 rings (SSSR count). The smallest absolute Gasteiger partial charge is 0.277 e. The topological polar surface area (TPSA) is 68.0 Å². The molecule has 2 atom stereocenters. The lowest BCUT2D eigenvalue weighted by Gasteiger charge is -2.16. The molecule has 28 heavy (non-hydrogen) atoms. The van der Waals surface area contributed by atoms with Gasteiger partial charge in [-0.25, -0.2) is 4.39 Å². The second-order valence-corrected chi connectivity index (χ2v) is 7.87. The molecule has 0 aliphatic carbocycles. The van der Waals surface area contributed by atoms with Crippen LogP contribution >= 0.6 is 11.8 Å². The van der Waals surface area contributed by atoms with Crippen molar-refractivity contribution in [2.24, 2.45) is 0 Å². The Morgan fingerprint density at radius 3 is 2.54 bits per heavy atom. The van der Waals surface area contributed by atoms with E-state index in [0.29, 0.717) is 16.7 Å². The number of aryl methyl sites for hydroxylation is 1. The molecular weight excluding hydrogens is 377 g/mol. The fourth-order valence-corrected chi connectivity index (χ4v) is 3.32. The van der Waals surface area contributed by atoms with Crippen LogP contribution in [-0.4, -0.2) is 27.4 Å². The highest BCUT2D eigenvalue weighted by Gasteiger charge is 2.20. The van der Waals surface area contributed by atoms with Gasteiger partial charge in [-0.15, -0.1) is 10.2 Å². The van der Waals surface area contributed by atoms with Crippen LogP contribution in [0.4, 0.5) is 4.39 Å². The molecule has 2 aromatic carbocycles. The Morgan fingerprint density at radius 1 is 1.11 bits per heavy atom. The molecule has 0 unspecified atom stereocenters. The van der Waals surface area contributed by atoms with Gasteiger partial charge in [0.25, 0.3) is 5.22 Å². The van der Waals surface area contributed by atoms with Gasteiger partial charge in [0.2, 0.25) is 11.8 Å². The zero-order valence-electron chi connectivity index (χ0n) is 15.8. The lowest BCUT2D eigenvalue weighted by Crippen LogP contribution is -2.37. The number of nitrogens with zero attached hydrogens (tertiary/aromatic N) is 2. The number of nitrogens with one attached hydrogen (secondary N) is 1. The first-order valence-electron chi connectivity index (χ1n) is 9.11. The minimum absolute atomic E-state index is 0.0632. The van der Waals surface area contributed by atoms with Crippen LogP contribution in [0.2, 0.25) is 0 Å². The highest BCUT2D eigenvalue weighted by molar-refractivity contribution is 8.00. The van der Waals surface area contributed by atoms with Crippen LogP contribution in [0.25, 0.3) is 11.5 Å². The predicted octanol–water partition coefficient (Wildman–Crippen LogP) is 4.49. The third-order valence-corrected chi connectivity index (χ3v) is 5.18. The summed E-state index contributed by atoms with van der Waals surface area (Å²) in [5.41, 5.74) is 1.89. The van der Waals surface area contributed by atoms with Gasteiger partial charge in [-0.1, -0.05) is 42.1 Å². The van der Waals surface area contributed by atoms with Crippen LogP contribution < -0.4 is 5.32 Å². The highest BCUT2D eigenvalue weighted by Crippen LogP contribution is 2.26. The molecule has 0 saturated heterocycles. The van der Waals surface area contributed by atoms with Gasteiger partial charge in [0.1, 0.15) is 5.82 Å². The summed E-state index contributed by atoms with van der Waals surface area (Å²) >= 11 is 1.20. The number of carbonyl (C=O) groups is 1. The molecule has 0 aliphatic heterocycles. The van der Waals surface area contributed by atoms with Gasteiger partial charge >= 0.3 is 0 Å². The molecule has 1 amide bonds. The lowest BCUT2D eigenvalue weighted by atomic mass is 10.1. The molecule has 0 spiro atoms. The predicted molar refractivity (Wildman–Crippen MR) is 107 cm³/mol. The Kier molecular flexibility index (Phi) is 6.81. The molecule has 7 heteroatoms. The number of amides is 1. The van der Waals surface area contributed by atoms with E-state index in [1.807, 2.05) is 25.1 Å². The summed E-state index contributed by atoms with van der Waals surface area (Å²) in [4.78, 5) is 12.4. The molecule has 146 valence electrons. The number of rotatable bonds is 8. The van der Waals surface area contributed by atoms with Crippen LogP contribution in [-0.2, 0) is 11.2 Å². The van der Waals surface area contributed by atoms with Gasteiger partial charge < -0.3 is 9.73 Å². The average Bonchev–Trinajstić information content (AvgIpc) is 3.16. The van der Waals surface area contributed by atoms with Crippen LogP contribution in [0.1, 0.15) is 25.8 Å². The van der Waals surface area contributed by atoms with E-state index in [-0.39, 0.29) is 23.0 Å². The van der Waals surface area contributed by atoms with Crippen LogP contribution in [0.15, 0.2) is 64.2 Å². The second kappa shape index (κ2) is 9.50. The average molecular weight is 399 g/mol. The van der Waals surface area contributed by atoms with Crippen molar-refractivity contribution in [3.05, 3.63) is 66.0 Å². The van der Waals surface area contributed by atoms with Crippen molar-refractivity contribution in [1.82, 2.24) is 15.5 Å². The number of hydrogen-bond donors (Lipinski definition) is 1. The summed E-state index contributed by atoms with van der Waals surface area (Å²) in [6, 6.07) is 16.1. The molecule has 0 fully saturated rings. The maximum Gasteiger partial charge on any atom is 0.277 e. The fourth-order valence-electron chi connectivity index (χ4n) is 2.63. The Hall–Kier alpha value is -2.67. The van der Waals surface area contributed by atoms with Crippen molar-refractivity contribution in [3.8, 4) is 11.5 Å². The number of halogens is 1. The largest absolute Gasteiger partial charge is 0.411 e. The van der Waals surface area contributed by atoms with Gasteiger partial charge in [0.05, 0.1) is 5.25 Å². The summed E-state index contributed by atoms with van der Waals surface area (Å²) in [7, 11) is 0. The molecule has 5 nitrogen and oxygen atoms in total. The molecular formula is C21H22FN3O2S. The molecule has 3 aromatic rings. The Labute approximate surface area is 167 Å². The SMILES string of the molecule is C[C@H](CCc1ccccc1)NC(=O)[C@H](C)Sc1nnc(-c2ccc(F)cc2)o1. The first-order chi connectivity index (χ1) is 13.5. The van der Waals surface area contributed by atoms with Crippen molar-refractivity contribution in [3.63, 3.8) is 0 Å². The van der Waals surface area contributed by atoms with Crippen molar-refractivity contribution in [1.29, 1.82) is 0 Å². The number of thioether (sulfide) groups is 1. The number of hydrogen-bond acceptors (Lipinski definition) is 5. The van der Waals surface area contributed by atoms with E-state index in [1.165, 1.54) is 29.5 Å². The first kappa shape index (κ1) is 20.1. The maximum atomic E-state index is 13.0. The van der Waals surface area contributed by atoms with Crippen molar-refractivity contribution in [2.75, 3.05) is 0 Å². The zero-order valence-corrected chi connectivity index (χ0v) is 16.6. The lowest BCUT2D eigenvalue weighted by molar-refractivity contribution is -0.120. The van der Waals surface area contributed by atoms with E-state index in [4.69, 9.17) is 4.42 Å². The zero-order chi connectivity index (χ0) is 19.9. The minimum Gasteiger partial charge on any atom is -0.411 e. The highest BCUT2D eigenvalue weighted by atomic mass is 32.2. The van der Waals surface area contributed by atoms with Crippen LogP contribution in [0, 0.1) is 5.82 Å². The second-order valence-electron chi connectivity index (χ2n) is 6.57. The van der Waals surface area contributed by atoms with E-state index >= 15 is 0 Å². The van der Waals surface area contributed by atoms with Gasteiger partial charge in [0, 0.05) is 11.6 Å². The fraction of sp³-hybridized carbons (Fsp3) is 0.286. The summed E-state index contributed by atoms with van der Waals surface area (Å²) in [5, 5.41) is 10.9. The molecule has 1 heterocycles. The Morgan fingerprint density at radius 2 is 1.82 bits per heavy atom. The molecule has 0 saturated carbocycles. The number of benzene rings is 2. The van der Waals surface area contributed by atoms with Gasteiger partial charge in [-0.3, -0.25) is 4.79 Å². The third-order valence-electron chi connectivity index (χ3n) is 4.24. The maximum absolute atomic E-state index is 13.0. The Balaban J connectivity index is 1.49. The molecule has 1 aromatic heterocycles. The van der Waals surface area contributed by atoms with Crippen LogP contribution in [0.5, 0.6) is 0 Å². The molecule has 0 bridgehead atoms. The van der Waals surface area contributed by atoms with Gasteiger partial charge in [-0.2, -0.15) is 0 Å². The molecule has 0 aliphatic rings. The van der Waals surface area contributed by atoms with Crippen molar-refractivity contribution >= 4 is 17.7 Å². The number of carbonyl (C=O) groups excluding carboxylic acids is 1. The van der Waals surface area contributed by atoms with Crippen LogP contribution in [0.3, 0.4) is 0 Å². The quantitative estimate of drug-likeness (QED) is 0.565. The molecule has 1 N–H and O–H groups in total. The van der Waals surface area contributed by atoms with E-state index in [1.54, 1.807) is 19.1 Å². The third kappa shape index (κ3) is 5.66. The van der Waals surface area contributed by atoms with E-state index in [2.05, 4.69) is 27.6 Å². The van der Waals surface area contributed by atoms with E-state index in [0.717, 1.165) is 12.8 Å². The van der Waals surface area contributed by atoms with E-state index < -0.39 is 0 Å². The first-order valence-corrected chi connectivity index (χ1v) is 9.99. The number of aromatic nitrogens is 2. The van der Waals surface area contributed by atoms with Gasteiger partial charge in [0.15, 0.2) is 0 Å². The summed E-state index contributed by atoms with van der Waals surface area (Å²) in [6.07, 6.45) is 1.77. The summed E-state index contributed by atoms with van der Waals surface area (Å²) in [5.74, 6) is -0.108. The normalized spacial score (nSPS) is 13.1. The summed E-state index contributed by atoms with van der Waals surface area (Å²) in [6.45, 7) is 3.79. The summed E-state index contributed by atoms with van der Waals surface area (Å²) < 4.78 is 18.6.